The van der Waals surface area contributed by atoms with Crippen molar-refractivity contribution in [1.82, 2.24) is 5.32 Å². The smallest absolute Gasteiger partial charge is 0.331 e. The molecular weight excluding hydrogens is 1250 g/mol. The summed E-state index contributed by atoms with van der Waals surface area (Å²) < 4.78 is 23.9. The van der Waals surface area contributed by atoms with Crippen LogP contribution in [0, 0.1) is 64.6 Å². The Hall–Kier alpha value is -8.21. The molecule has 94 heavy (non-hydrogen) atoms. The number of carboxylic acids is 9. The normalized spacial score (nSPS) is 18.0. The van der Waals surface area contributed by atoms with E-state index in [1.807, 2.05) is 41.5 Å². The molecule has 1 amide bonds. The molecule has 2 rings (SSSR count). The van der Waals surface area contributed by atoms with Crippen LogP contribution >= 0.6 is 0 Å². The van der Waals surface area contributed by atoms with Gasteiger partial charge in [0, 0.05) is 23.6 Å². The van der Waals surface area contributed by atoms with E-state index in [-0.39, 0.29) is 68.0 Å². The summed E-state index contributed by atoms with van der Waals surface area (Å²) in [7, 11) is 1.24. The fourth-order valence-electron chi connectivity index (χ4n) is 7.25. The van der Waals surface area contributed by atoms with E-state index in [0.717, 1.165) is 69.9 Å². The number of rotatable bonds is 29. The number of hydrogen-bond acceptors (Lipinski definition) is 20. The second-order valence-corrected chi connectivity index (χ2v) is 23.6. The molecule has 2 aliphatic rings. The van der Waals surface area contributed by atoms with Crippen molar-refractivity contribution in [2.45, 2.75) is 225 Å². The minimum Gasteiger partial charge on any atom is -0.481 e. The first kappa shape index (κ1) is 94.5. The van der Waals surface area contributed by atoms with Crippen molar-refractivity contribution in [3.8, 4) is 0 Å². The van der Waals surface area contributed by atoms with Crippen molar-refractivity contribution >= 4 is 89.5 Å². The molecule has 30 nitrogen and oxygen atoms in total. The molecule has 2 saturated carbocycles. The van der Waals surface area contributed by atoms with Crippen LogP contribution in [0.15, 0.2) is 12.2 Å². The zero-order chi connectivity index (χ0) is 74.5. The highest BCUT2D eigenvalue weighted by Crippen LogP contribution is 2.32. The molecule has 0 aromatic heterocycles. The third-order valence-corrected chi connectivity index (χ3v) is 15.7. The number of ether oxygens (including phenoxy) is 5. The highest BCUT2D eigenvalue weighted by Gasteiger charge is 2.39. The first-order valence-corrected chi connectivity index (χ1v) is 31.1. The van der Waals surface area contributed by atoms with Gasteiger partial charge in [0.1, 0.15) is 12.7 Å². The second-order valence-electron chi connectivity index (χ2n) is 23.6. The van der Waals surface area contributed by atoms with Crippen LogP contribution in [0.2, 0.25) is 0 Å². The lowest BCUT2D eigenvalue weighted by Gasteiger charge is -2.36. The molecular formula is C64H107NO29. The molecule has 0 aromatic carbocycles. The van der Waals surface area contributed by atoms with Crippen LogP contribution in [0.25, 0.3) is 0 Å². The van der Waals surface area contributed by atoms with Crippen molar-refractivity contribution in [3.63, 3.8) is 0 Å². The molecule has 0 saturated heterocycles. The number of carbonyl (C=O) groups is 15. The fourth-order valence-corrected chi connectivity index (χ4v) is 7.25. The van der Waals surface area contributed by atoms with Gasteiger partial charge in [0.15, 0.2) is 0 Å². The Kier molecular flexibility index (Phi) is 51.5. The standard InChI is InChI=1S/C14H25NO3.C12H20O4.C9H14O6.C8H14O4.C8H12O4.C7H12O4.C6H10O4/c1-5-14(3,4)13(18)15-10-8-6-7-9(2)11(10)12(16)17;1-8(11(13)14)9(2)12(15)16-10-6-4-3-5-7-10;1-5(8(12)13)6(2)9(14)15-4-3-7(10)11;2*1-3-6(2)12-8(11)5-4-7(9)10;1-4(6(8)9)5(2)7(10)11-3;1-3(5(7)8)4(2)6(9)10/h9-11H,5-8H2,1-4H3,(H,15,18)(H,16,17);8-10H,3-7H2,1-2H3,(H,13,14);5-6H,3-4H2,1-2H3,(H,10,11)(H,12,13);6H,3-5H2,1-2H3,(H,9,10);4-6H,3H2,1-2H3,(H,9,10);4-5H,1-3H3,(H,8,9);3-4H,1-2H3,(H,7,8)(H,9,10)/b;;;;5-4-;;. The average molecular weight is 1350 g/mol. The molecule has 0 aliphatic heterocycles. The van der Waals surface area contributed by atoms with Crippen LogP contribution in [-0.2, 0) is 95.6 Å². The van der Waals surface area contributed by atoms with Gasteiger partial charge in [0.2, 0.25) is 5.91 Å². The summed E-state index contributed by atoms with van der Waals surface area (Å²) in [5, 5.41) is 79.5. The Bertz CT molecular complexity index is 2410. The number of hydrogen-bond donors (Lipinski definition) is 10. The van der Waals surface area contributed by atoms with Gasteiger partial charge in [-0.25, -0.2) is 9.59 Å². The molecule has 0 aromatic rings. The van der Waals surface area contributed by atoms with Gasteiger partial charge in [0.25, 0.3) is 0 Å². The number of nitrogens with one attached hydrogen (secondary N) is 1. The maximum atomic E-state index is 12.1. The third kappa shape index (κ3) is 45.1. The number of amides is 1. The predicted octanol–water partition coefficient (Wildman–Crippen LogP) is 8.11. The highest BCUT2D eigenvalue weighted by molar-refractivity contribution is 5.91. The van der Waals surface area contributed by atoms with Crippen molar-refractivity contribution in [1.29, 1.82) is 0 Å². The molecule has 0 spiro atoms. The van der Waals surface area contributed by atoms with Gasteiger partial charge in [-0.05, 0) is 77.6 Å². The Balaban J connectivity index is -0.000000331. The van der Waals surface area contributed by atoms with Gasteiger partial charge < -0.3 is 75.0 Å². The van der Waals surface area contributed by atoms with E-state index < -0.39 is 136 Å². The summed E-state index contributed by atoms with van der Waals surface area (Å²) in [6.45, 7) is 26.5. The SMILES string of the molecule is CC(C(=O)O)C(C)C(=O)O.CC(C(=O)O)C(C)C(=O)OC1CCCCC1.CC(C(=O)O)C(C)C(=O)OCCC(=O)O.CCC(C)(C)C(=O)NC1CCCC(C)C1C(=O)O.CCC(C)OC(=O)/C=C\C(=O)O.CCC(C)OC(=O)CCC(=O)O.COC(=O)C(C)C(C)C(=O)O. The number of carboxylic acid groups (broad SMARTS) is 9. The van der Waals surface area contributed by atoms with Crippen LogP contribution in [-0.4, -0.2) is 174 Å². The first-order chi connectivity index (χ1) is 43.3. The van der Waals surface area contributed by atoms with E-state index in [2.05, 4.69) is 14.8 Å². The lowest BCUT2D eigenvalue weighted by atomic mass is 9.76. The van der Waals surface area contributed by atoms with E-state index >= 15 is 0 Å². The largest absolute Gasteiger partial charge is 0.481 e. The maximum absolute atomic E-state index is 12.1. The van der Waals surface area contributed by atoms with Crippen LogP contribution in [0.5, 0.6) is 0 Å². The Morgan fingerprint density at radius 3 is 1.27 bits per heavy atom. The topological polar surface area (TPSA) is 496 Å². The summed E-state index contributed by atoms with van der Waals surface area (Å²) in [5.41, 5.74) is -0.427. The number of esters is 5. The molecule has 2 fully saturated rings. The van der Waals surface area contributed by atoms with Gasteiger partial charge in [-0.15, -0.1) is 0 Å². The summed E-state index contributed by atoms with van der Waals surface area (Å²) in [6.07, 6.45) is 11.0. The Labute approximate surface area is 550 Å². The minimum atomic E-state index is -1.16. The van der Waals surface area contributed by atoms with Crippen LogP contribution in [0.3, 0.4) is 0 Å². The van der Waals surface area contributed by atoms with Crippen LogP contribution < -0.4 is 5.32 Å². The van der Waals surface area contributed by atoms with E-state index in [1.165, 1.54) is 62.0 Å². The molecule has 0 radical (unpaired) electrons. The quantitative estimate of drug-likeness (QED) is 0.0192. The molecule has 30 heteroatoms. The molecule has 10 N–H and O–H groups in total. The van der Waals surface area contributed by atoms with Gasteiger partial charge in [-0.3, -0.25) is 62.3 Å². The van der Waals surface area contributed by atoms with E-state index in [4.69, 9.17) is 55.1 Å². The first-order valence-electron chi connectivity index (χ1n) is 31.1. The summed E-state index contributed by atoms with van der Waals surface area (Å²) in [4.78, 5) is 161. The highest BCUT2D eigenvalue weighted by atomic mass is 16.6. The zero-order valence-electron chi connectivity index (χ0n) is 57.5. The van der Waals surface area contributed by atoms with E-state index in [0.29, 0.717) is 6.42 Å². The van der Waals surface area contributed by atoms with Crippen molar-refractivity contribution < 1.29 is 142 Å². The molecule has 0 bridgehead atoms. The van der Waals surface area contributed by atoms with Gasteiger partial charge >= 0.3 is 83.6 Å². The Morgan fingerprint density at radius 1 is 0.489 bits per heavy atom. The maximum Gasteiger partial charge on any atom is 0.331 e. The predicted molar refractivity (Wildman–Crippen MR) is 335 cm³/mol. The number of aliphatic carboxylic acids is 9. The third-order valence-electron chi connectivity index (χ3n) is 15.7. The van der Waals surface area contributed by atoms with Gasteiger partial charge in [-0.1, -0.05) is 110 Å². The molecule has 2 aliphatic carbocycles. The molecule has 13 unspecified atom stereocenters. The van der Waals surface area contributed by atoms with E-state index in [1.54, 1.807) is 20.8 Å². The number of methoxy groups -OCH3 is 1. The minimum absolute atomic E-state index is 0.00435. The molecule has 13 atom stereocenters. The number of carbonyl (C=O) groups excluding carboxylic acids is 6. The van der Waals surface area contributed by atoms with E-state index in [9.17, 15) is 77.0 Å². The summed E-state index contributed by atoms with van der Waals surface area (Å²) in [5.74, 6) is -17.9. The molecule has 0 heterocycles. The van der Waals surface area contributed by atoms with Crippen molar-refractivity contribution in [2.24, 2.45) is 64.6 Å². The lowest BCUT2D eigenvalue weighted by molar-refractivity contribution is -0.161. The van der Waals surface area contributed by atoms with Crippen molar-refractivity contribution in [2.75, 3.05) is 13.7 Å². The summed E-state index contributed by atoms with van der Waals surface area (Å²) >= 11 is 0. The van der Waals surface area contributed by atoms with Gasteiger partial charge in [0.05, 0.1) is 91.8 Å². The van der Waals surface area contributed by atoms with Crippen LogP contribution in [0.4, 0.5) is 0 Å². The van der Waals surface area contributed by atoms with Gasteiger partial charge in [-0.2, -0.15) is 0 Å². The van der Waals surface area contributed by atoms with Crippen molar-refractivity contribution in [3.05, 3.63) is 12.2 Å². The van der Waals surface area contributed by atoms with Crippen LogP contribution in [0.1, 0.15) is 201 Å². The Morgan fingerprint density at radius 2 is 0.894 bits per heavy atom. The fraction of sp³-hybridized carbons (Fsp3) is 0.734. The average Bonchev–Trinajstić information content (AvgIpc) is 0.847. The lowest BCUT2D eigenvalue weighted by Crippen LogP contribution is -2.51. The monoisotopic (exact) mass is 1350 g/mol. The summed E-state index contributed by atoms with van der Waals surface area (Å²) in [6, 6.07) is -0.218. The molecule has 542 valence electrons. The zero-order valence-corrected chi connectivity index (χ0v) is 57.5. The second kappa shape index (κ2) is 51.2.